The smallest absolute Gasteiger partial charge is 0.338 e. The highest BCUT2D eigenvalue weighted by molar-refractivity contribution is 7.07. The molecule has 0 saturated heterocycles. The number of allylic oxidation sites excluding steroid dienone is 1. The van der Waals surface area contributed by atoms with Gasteiger partial charge in [0.1, 0.15) is 6.61 Å². The summed E-state index contributed by atoms with van der Waals surface area (Å²) in [5, 5.41) is 0. The predicted octanol–water partition coefficient (Wildman–Crippen LogP) is 3.68. The number of methoxy groups -OCH3 is 1. The summed E-state index contributed by atoms with van der Waals surface area (Å²) in [5.41, 5.74) is 3.21. The molecule has 186 valence electrons. The first-order chi connectivity index (χ1) is 17.4. The Labute approximate surface area is 213 Å². The molecule has 2 aromatic carbocycles. The van der Waals surface area contributed by atoms with Crippen molar-refractivity contribution in [3.8, 4) is 11.5 Å². The second kappa shape index (κ2) is 10.8. The van der Waals surface area contributed by atoms with Crippen LogP contribution in [0.1, 0.15) is 36.6 Å². The molecule has 0 unspecified atom stereocenters. The summed E-state index contributed by atoms with van der Waals surface area (Å²) < 4.78 is 18.7. The van der Waals surface area contributed by atoms with Gasteiger partial charge in [-0.1, -0.05) is 66.0 Å². The Kier molecular flexibility index (Phi) is 7.55. The summed E-state index contributed by atoms with van der Waals surface area (Å²) in [5.74, 6) is 0.590. The van der Waals surface area contributed by atoms with Crippen molar-refractivity contribution in [2.75, 3.05) is 20.3 Å². The SMILES string of the molecule is C=CCOc1c(/C=c2\sc3n(c2=O)[C@H](c2ccc(C)cc2)C(C(=O)OCC)=C(C)N=3)cccc1OC. The average Bonchev–Trinajstić information content (AvgIpc) is 3.17. The van der Waals surface area contributed by atoms with Gasteiger partial charge in [0.15, 0.2) is 16.3 Å². The summed E-state index contributed by atoms with van der Waals surface area (Å²) in [7, 11) is 1.56. The number of rotatable bonds is 8. The van der Waals surface area contributed by atoms with Crippen LogP contribution in [0.25, 0.3) is 6.08 Å². The van der Waals surface area contributed by atoms with Crippen molar-refractivity contribution in [3.63, 3.8) is 0 Å². The van der Waals surface area contributed by atoms with Crippen molar-refractivity contribution < 1.29 is 19.0 Å². The zero-order valence-electron chi connectivity index (χ0n) is 20.7. The van der Waals surface area contributed by atoms with Crippen molar-refractivity contribution in [1.82, 2.24) is 4.57 Å². The summed E-state index contributed by atoms with van der Waals surface area (Å²) in [6.07, 6.45) is 3.41. The van der Waals surface area contributed by atoms with Crippen LogP contribution in [-0.4, -0.2) is 30.9 Å². The van der Waals surface area contributed by atoms with Gasteiger partial charge in [-0.3, -0.25) is 9.36 Å². The first kappa shape index (κ1) is 25.2. The molecule has 0 aliphatic carbocycles. The minimum Gasteiger partial charge on any atom is -0.493 e. The Bertz CT molecular complexity index is 1510. The van der Waals surface area contributed by atoms with Gasteiger partial charge < -0.3 is 14.2 Å². The zero-order chi connectivity index (χ0) is 25.8. The number of aryl methyl sites for hydroxylation is 1. The van der Waals surface area contributed by atoms with E-state index < -0.39 is 12.0 Å². The first-order valence-corrected chi connectivity index (χ1v) is 12.4. The molecule has 0 radical (unpaired) electrons. The fourth-order valence-corrected chi connectivity index (χ4v) is 5.14. The molecule has 0 fully saturated rings. The molecular weight excluding hydrogens is 476 g/mol. The van der Waals surface area contributed by atoms with E-state index in [4.69, 9.17) is 14.2 Å². The lowest BCUT2D eigenvalue weighted by Crippen LogP contribution is -2.39. The third kappa shape index (κ3) is 4.77. The van der Waals surface area contributed by atoms with Crippen LogP contribution < -0.4 is 24.4 Å². The molecule has 0 amide bonds. The molecule has 1 aliphatic rings. The van der Waals surface area contributed by atoms with E-state index in [1.54, 1.807) is 43.7 Å². The topological polar surface area (TPSA) is 79.1 Å². The highest BCUT2D eigenvalue weighted by Gasteiger charge is 2.33. The van der Waals surface area contributed by atoms with E-state index in [0.29, 0.717) is 37.7 Å². The maximum atomic E-state index is 13.8. The second-order valence-electron chi connectivity index (χ2n) is 8.19. The number of aromatic nitrogens is 1. The number of carbonyl (C=O) groups excluding carboxylic acids is 1. The molecule has 8 heteroatoms. The summed E-state index contributed by atoms with van der Waals surface area (Å²) in [6, 6.07) is 12.6. The van der Waals surface area contributed by atoms with Crippen LogP contribution in [0.5, 0.6) is 11.5 Å². The van der Waals surface area contributed by atoms with Gasteiger partial charge in [0, 0.05) is 5.56 Å². The largest absolute Gasteiger partial charge is 0.493 e. The van der Waals surface area contributed by atoms with E-state index in [-0.39, 0.29) is 18.8 Å². The van der Waals surface area contributed by atoms with Gasteiger partial charge >= 0.3 is 5.97 Å². The number of hydrogen-bond acceptors (Lipinski definition) is 7. The Morgan fingerprint density at radius 2 is 1.94 bits per heavy atom. The number of benzene rings is 2. The fraction of sp³-hybridized carbons (Fsp3) is 0.250. The van der Waals surface area contributed by atoms with Gasteiger partial charge in [0.05, 0.1) is 35.6 Å². The molecule has 3 aromatic rings. The molecule has 0 bridgehead atoms. The maximum absolute atomic E-state index is 13.8. The van der Waals surface area contributed by atoms with Crippen LogP contribution >= 0.6 is 11.3 Å². The van der Waals surface area contributed by atoms with E-state index in [1.807, 2.05) is 43.3 Å². The van der Waals surface area contributed by atoms with E-state index in [0.717, 1.165) is 11.1 Å². The van der Waals surface area contributed by atoms with Gasteiger partial charge in [-0.15, -0.1) is 0 Å². The molecule has 0 spiro atoms. The van der Waals surface area contributed by atoms with Crippen molar-refractivity contribution in [2.24, 2.45) is 4.99 Å². The van der Waals surface area contributed by atoms with Crippen LogP contribution in [0.3, 0.4) is 0 Å². The van der Waals surface area contributed by atoms with Gasteiger partial charge in [-0.25, -0.2) is 9.79 Å². The highest BCUT2D eigenvalue weighted by Crippen LogP contribution is 2.32. The van der Waals surface area contributed by atoms with Crippen molar-refractivity contribution >= 4 is 23.4 Å². The maximum Gasteiger partial charge on any atom is 0.338 e. The highest BCUT2D eigenvalue weighted by atomic mass is 32.1. The molecule has 1 atom stereocenters. The molecule has 4 rings (SSSR count). The number of para-hydroxylation sites is 1. The van der Waals surface area contributed by atoms with Gasteiger partial charge in [-0.2, -0.15) is 0 Å². The minimum absolute atomic E-state index is 0.226. The van der Waals surface area contributed by atoms with Gasteiger partial charge in [-0.05, 0) is 38.5 Å². The van der Waals surface area contributed by atoms with E-state index in [1.165, 1.54) is 11.3 Å². The third-order valence-corrected chi connectivity index (χ3v) is 6.75. The van der Waals surface area contributed by atoms with Crippen molar-refractivity contribution in [1.29, 1.82) is 0 Å². The van der Waals surface area contributed by atoms with Crippen LogP contribution in [0.4, 0.5) is 0 Å². The Balaban J connectivity index is 1.94. The average molecular weight is 505 g/mol. The van der Waals surface area contributed by atoms with Crippen molar-refractivity contribution in [2.45, 2.75) is 26.8 Å². The van der Waals surface area contributed by atoms with Crippen LogP contribution in [0.15, 0.2) is 76.2 Å². The zero-order valence-corrected chi connectivity index (χ0v) is 21.6. The van der Waals surface area contributed by atoms with Gasteiger partial charge in [0.25, 0.3) is 5.56 Å². The van der Waals surface area contributed by atoms with E-state index in [9.17, 15) is 9.59 Å². The quantitative estimate of drug-likeness (QED) is 0.345. The normalized spacial score (nSPS) is 15.2. The lowest BCUT2D eigenvalue weighted by molar-refractivity contribution is -0.139. The van der Waals surface area contributed by atoms with Crippen molar-refractivity contribution in [3.05, 3.63) is 103 Å². The summed E-state index contributed by atoms with van der Waals surface area (Å²) in [6.45, 7) is 9.74. The van der Waals surface area contributed by atoms with E-state index in [2.05, 4.69) is 11.6 Å². The summed E-state index contributed by atoms with van der Waals surface area (Å²) in [4.78, 5) is 31.9. The number of esters is 1. The molecule has 0 saturated carbocycles. The predicted molar refractivity (Wildman–Crippen MR) is 140 cm³/mol. The van der Waals surface area contributed by atoms with E-state index >= 15 is 0 Å². The first-order valence-electron chi connectivity index (χ1n) is 11.6. The molecule has 7 nitrogen and oxygen atoms in total. The van der Waals surface area contributed by atoms with Crippen LogP contribution in [-0.2, 0) is 9.53 Å². The minimum atomic E-state index is -0.648. The molecule has 2 heterocycles. The third-order valence-electron chi connectivity index (χ3n) is 5.77. The Morgan fingerprint density at radius 1 is 1.19 bits per heavy atom. The lowest BCUT2D eigenvalue weighted by Gasteiger charge is -2.24. The molecule has 1 aromatic heterocycles. The molecule has 36 heavy (non-hydrogen) atoms. The Hall–Kier alpha value is -3.91. The number of nitrogens with zero attached hydrogens (tertiary/aromatic N) is 2. The Morgan fingerprint density at radius 3 is 2.61 bits per heavy atom. The number of thiazole rings is 1. The summed E-state index contributed by atoms with van der Waals surface area (Å²) >= 11 is 1.26. The number of ether oxygens (including phenoxy) is 3. The van der Waals surface area contributed by atoms with Crippen LogP contribution in [0, 0.1) is 6.92 Å². The molecular formula is C28H28N2O5S. The fourth-order valence-electron chi connectivity index (χ4n) is 4.10. The number of carbonyl (C=O) groups is 1. The number of hydrogen-bond donors (Lipinski definition) is 0. The number of fused-ring (bicyclic) bond motifs is 1. The molecule has 0 N–H and O–H groups in total. The standard InChI is InChI=1S/C28H28N2O5S/c1-6-15-35-25-20(9-8-10-21(25)33-5)16-22-26(31)30-24(19-13-11-17(3)12-14-19)23(27(32)34-7-2)18(4)29-28(30)36-22/h6,8-14,16,24H,1,7,15H2,2-5H3/b22-16-/t24-/m1/s1. The monoisotopic (exact) mass is 504 g/mol. The molecule has 1 aliphatic heterocycles. The van der Waals surface area contributed by atoms with Gasteiger partial charge in [0.2, 0.25) is 0 Å². The second-order valence-corrected chi connectivity index (χ2v) is 9.20. The lowest BCUT2D eigenvalue weighted by atomic mass is 9.95. The van der Waals surface area contributed by atoms with Crippen LogP contribution in [0.2, 0.25) is 0 Å².